The number of nitrogens with two attached hydrogens (primary N) is 1. The number of amides is 2. The molecule has 2 aliphatic rings. The number of hydrogen-bond donors (Lipinski definition) is 1. The molecule has 2 saturated heterocycles. The molecule has 0 spiro atoms. The average Bonchev–Trinajstić information content (AvgIpc) is 3.19. The van der Waals surface area contributed by atoms with E-state index in [1.54, 1.807) is 11.1 Å². The zero-order valence-electron chi connectivity index (χ0n) is 15.3. The highest BCUT2D eigenvalue weighted by Gasteiger charge is 2.40. The lowest BCUT2D eigenvalue weighted by Crippen LogP contribution is -2.56. The summed E-state index contributed by atoms with van der Waals surface area (Å²) in [6.07, 6.45) is 3.99. The highest BCUT2D eigenvalue weighted by atomic mass is 32.1. The second kappa shape index (κ2) is 7.03. The molecule has 2 fully saturated rings. The fraction of sp³-hybridized carbons (Fsp3) is 0.350. The van der Waals surface area contributed by atoms with E-state index in [4.69, 9.17) is 10.5 Å². The molecule has 2 aromatic heterocycles. The molecule has 2 aliphatic heterocycles. The first-order valence-electron chi connectivity index (χ1n) is 9.44. The number of benzene rings is 1. The molecule has 7 nitrogen and oxygen atoms in total. The summed E-state index contributed by atoms with van der Waals surface area (Å²) >= 11 is 1.49. The van der Waals surface area contributed by atoms with Gasteiger partial charge >= 0.3 is 6.03 Å². The van der Waals surface area contributed by atoms with E-state index in [0.717, 1.165) is 42.9 Å². The summed E-state index contributed by atoms with van der Waals surface area (Å²) in [4.78, 5) is 24.4. The van der Waals surface area contributed by atoms with Crippen molar-refractivity contribution in [2.24, 2.45) is 5.73 Å². The van der Waals surface area contributed by atoms with E-state index < -0.39 is 0 Å². The van der Waals surface area contributed by atoms with E-state index in [9.17, 15) is 4.79 Å². The van der Waals surface area contributed by atoms with Crippen molar-refractivity contribution in [1.29, 1.82) is 0 Å². The van der Waals surface area contributed by atoms with Crippen LogP contribution in [0.25, 0.3) is 10.3 Å². The molecule has 2 amide bonds. The minimum absolute atomic E-state index is 0.303. The SMILES string of the molecule is NC(=O)N1C[C@H]2CC[C@@H](C1)N2Cc1ccc(Oc2nc3ncccc3s2)cc1. The summed E-state index contributed by atoms with van der Waals surface area (Å²) in [5, 5.41) is 0.599. The van der Waals surface area contributed by atoms with E-state index >= 15 is 0 Å². The predicted octanol–water partition coefficient (Wildman–Crippen LogP) is 3.21. The van der Waals surface area contributed by atoms with Crippen molar-refractivity contribution in [2.75, 3.05) is 13.1 Å². The highest BCUT2D eigenvalue weighted by molar-refractivity contribution is 7.20. The number of pyridine rings is 1. The second-order valence-electron chi connectivity index (χ2n) is 7.35. The van der Waals surface area contributed by atoms with Crippen LogP contribution in [0.2, 0.25) is 0 Å². The van der Waals surface area contributed by atoms with Gasteiger partial charge in [0.2, 0.25) is 0 Å². The Morgan fingerprint density at radius 3 is 2.61 bits per heavy atom. The van der Waals surface area contributed by atoms with Crippen LogP contribution in [0.5, 0.6) is 10.9 Å². The Bertz CT molecular complexity index is 958. The number of fused-ring (bicyclic) bond motifs is 3. The molecule has 0 radical (unpaired) electrons. The molecule has 2 N–H and O–H groups in total. The average molecular weight is 395 g/mol. The lowest BCUT2D eigenvalue weighted by molar-refractivity contribution is 0.0798. The van der Waals surface area contributed by atoms with Gasteiger partial charge in [-0.25, -0.2) is 9.78 Å². The molecule has 0 unspecified atom stereocenters. The minimum Gasteiger partial charge on any atom is -0.431 e. The Labute approximate surface area is 166 Å². The molecule has 28 heavy (non-hydrogen) atoms. The Kier molecular flexibility index (Phi) is 4.37. The van der Waals surface area contributed by atoms with Crippen LogP contribution in [0, 0.1) is 0 Å². The number of piperazine rings is 1. The number of aromatic nitrogens is 2. The fourth-order valence-electron chi connectivity index (χ4n) is 4.20. The fourth-order valence-corrected chi connectivity index (χ4v) is 4.99. The molecule has 4 heterocycles. The van der Waals surface area contributed by atoms with Crippen LogP contribution in [0.1, 0.15) is 18.4 Å². The van der Waals surface area contributed by atoms with E-state index in [2.05, 4.69) is 27.0 Å². The van der Waals surface area contributed by atoms with Crippen molar-refractivity contribution >= 4 is 27.7 Å². The number of likely N-dealkylation sites (tertiary alicyclic amines) is 1. The van der Waals surface area contributed by atoms with Crippen molar-refractivity contribution in [2.45, 2.75) is 31.5 Å². The number of nitrogens with zero attached hydrogens (tertiary/aromatic N) is 4. The topological polar surface area (TPSA) is 84.6 Å². The summed E-state index contributed by atoms with van der Waals surface area (Å²) in [6, 6.07) is 12.5. The number of primary amides is 1. The van der Waals surface area contributed by atoms with Gasteiger partial charge in [-0.3, -0.25) is 4.90 Å². The van der Waals surface area contributed by atoms with Gasteiger partial charge in [0, 0.05) is 37.9 Å². The quantitative estimate of drug-likeness (QED) is 0.733. The third kappa shape index (κ3) is 3.29. The van der Waals surface area contributed by atoms with Crippen LogP contribution in [-0.2, 0) is 6.54 Å². The maximum atomic E-state index is 11.5. The Balaban J connectivity index is 1.25. The van der Waals surface area contributed by atoms with E-state index in [1.807, 2.05) is 24.3 Å². The van der Waals surface area contributed by atoms with Crippen molar-refractivity contribution < 1.29 is 9.53 Å². The summed E-state index contributed by atoms with van der Waals surface area (Å²) in [5.41, 5.74) is 7.42. The summed E-state index contributed by atoms with van der Waals surface area (Å²) in [6.45, 7) is 2.35. The monoisotopic (exact) mass is 395 g/mol. The van der Waals surface area contributed by atoms with Crippen molar-refractivity contribution in [1.82, 2.24) is 19.8 Å². The summed E-state index contributed by atoms with van der Waals surface area (Å²) in [5.74, 6) is 0.768. The second-order valence-corrected chi connectivity index (χ2v) is 8.34. The normalized spacial score (nSPS) is 21.9. The van der Waals surface area contributed by atoms with E-state index in [-0.39, 0.29) is 6.03 Å². The number of carbonyl (C=O) groups is 1. The van der Waals surface area contributed by atoms with Crippen LogP contribution in [0.15, 0.2) is 42.6 Å². The largest absolute Gasteiger partial charge is 0.431 e. The first-order valence-corrected chi connectivity index (χ1v) is 10.3. The lowest BCUT2D eigenvalue weighted by atomic mass is 10.1. The summed E-state index contributed by atoms with van der Waals surface area (Å²) in [7, 11) is 0. The zero-order valence-corrected chi connectivity index (χ0v) is 16.1. The maximum Gasteiger partial charge on any atom is 0.314 e. The predicted molar refractivity (Wildman–Crippen MR) is 107 cm³/mol. The van der Waals surface area contributed by atoms with Gasteiger partial charge in [0.1, 0.15) is 5.75 Å². The first kappa shape index (κ1) is 17.4. The molecule has 2 atom stereocenters. The maximum absolute atomic E-state index is 11.5. The molecule has 0 aliphatic carbocycles. The number of urea groups is 1. The van der Waals surface area contributed by atoms with Crippen LogP contribution >= 0.6 is 11.3 Å². The molecule has 1 aromatic carbocycles. The standard InChI is InChI=1S/C20H21N5O2S/c21-19(26)24-11-14-5-6-15(12-24)25(14)10-13-3-7-16(8-4-13)27-20-23-18-17(28-20)2-1-9-22-18/h1-4,7-9,14-15H,5-6,10-12H2,(H2,21,26)/t14-,15+. The van der Waals surface area contributed by atoms with Gasteiger partial charge in [0.05, 0.1) is 4.70 Å². The number of carbonyl (C=O) groups excluding carboxylic acids is 1. The zero-order chi connectivity index (χ0) is 19.1. The molecule has 8 heteroatoms. The van der Waals surface area contributed by atoms with Gasteiger partial charge in [0.15, 0.2) is 5.65 Å². The van der Waals surface area contributed by atoms with Gasteiger partial charge in [-0.15, -0.1) is 0 Å². The highest BCUT2D eigenvalue weighted by Crippen LogP contribution is 2.33. The molecular weight excluding hydrogens is 374 g/mol. The third-order valence-corrected chi connectivity index (χ3v) is 6.47. The molecule has 144 valence electrons. The minimum atomic E-state index is -0.303. The smallest absolute Gasteiger partial charge is 0.314 e. The van der Waals surface area contributed by atoms with E-state index in [1.165, 1.54) is 16.9 Å². The van der Waals surface area contributed by atoms with Crippen LogP contribution in [0.4, 0.5) is 4.79 Å². The number of ether oxygens (including phenoxy) is 1. The molecule has 5 rings (SSSR count). The van der Waals surface area contributed by atoms with Gasteiger partial charge in [0.25, 0.3) is 5.19 Å². The Hall–Kier alpha value is -2.71. The van der Waals surface area contributed by atoms with Gasteiger partial charge in [-0.05, 0) is 42.7 Å². The number of thiazole rings is 1. The number of rotatable bonds is 4. The Morgan fingerprint density at radius 1 is 1.18 bits per heavy atom. The van der Waals surface area contributed by atoms with Crippen molar-refractivity contribution in [3.05, 3.63) is 48.2 Å². The lowest BCUT2D eigenvalue weighted by Gasteiger charge is -2.40. The molecule has 3 aromatic rings. The molecule has 0 saturated carbocycles. The van der Waals surface area contributed by atoms with Gasteiger partial charge in [-0.1, -0.05) is 23.5 Å². The van der Waals surface area contributed by atoms with Gasteiger partial charge < -0.3 is 15.4 Å². The summed E-state index contributed by atoms with van der Waals surface area (Å²) < 4.78 is 6.91. The van der Waals surface area contributed by atoms with Crippen LogP contribution < -0.4 is 10.5 Å². The van der Waals surface area contributed by atoms with Crippen molar-refractivity contribution in [3.63, 3.8) is 0 Å². The molecular formula is C20H21N5O2S. The number of hydrogen-bond acceptors (Lipinski definition) is 6. The van der Waals surface area contributed by atoms with E-state index in [0.29, 0.717) is 22.9 Å². The van der Waals surface area contributed by atoms with Crippen LogP contribution in [-0.4, -0.2) is 51.0 Å². The van der Waals surface area contributed by atoms with Gasteiger partial charge in [-0.2, -0.15) is 4.98 Å². The first-order chi connectivity index (χ1) is 13.7. The van der Waals surface area contributed by atoms with Crippen LogP contribution in [0.3, 0.4) is 0 Å². The Morgan fingerprint density at radius 2 is 1.93 bits per heavy atom. The third-order valence-electron chi connectivity index (χ3n) is 5.58. The van der Waals surface area contributed by atoms with Crippen molar-refractivity contribution in [3.8, 4) is 10.9 Å². The molecule has 2 bridgehead atoms.